The summed E-state index contributed by atoms with van der Waals surface area (Å²) in [4.78, 5) is 39.5. The number of anilines is 1. The maximum Gasteiger partial charge on any atom is 0.275 e. The molecule has 0 unspecified atom stereocenters. The van der Waals surface area contributed by atoms with Gasteiger partial charge in [-0.2, -0.15) is 5.10 Å². The number of nitrogens with one attached hydrogen (secondary N) is 1. The Hall–Kier alpha value is -3.55. The highest BCUT2D eigenvalue weighted by atomic mass is 19.1. The molecule has 0 radical (unpaired) electrons. The molecular formula is C22H23FN4O3. The molecule has 0 saturated carbocycles. The first kappa shape index (κ1) is 21.2. The highest BCUT2D eigenvalue weighted by Gasteiger charge is 2.17. The van der Waals surface area contributed by atoms with Crippen LogP contribution in [0.4, 0.5) is 10.1 Å². The fraction of sp³-hybridized carbons (Fsp3) is 0.273. The summed E-state index contributed by atoms with van der Waals surface area (Å²) < 4.78 is 14.4. The van der Waals surface area contributed by atoms with Gasteiger partial charge in [0.15, 0.2) is 0 Å². The molecule has 0 fully saturated rings. The topological polar surface area (TPSA) is 84.3 Å². The zero-order valence-corrected chi connectivity index (χ0v) is 16.9. The Bertz CT molecular complexity index is 1140. The Morgan fingerprint density at radius 1 is 1.07 bits per heavy atom. The second-order valence-electron chi connectivity index (χ2n) is 6.76. The number of fused-ring (bicyclic) bond motifs is 1. The molecule has 0 aliphatic heterocycles. The average molecular weight is 410 g/mol. The van der Waals surface area contributed by atoms with E-state index in [1.807, 2.05) is 13.8 Å². The summed E-state index contributed by atoms with van der Waals surface area (Å²) in [6.45, 7) is 4.58. The van der Waals surface area contributed by atoms with Crippen LogP contribution >= 0.6 is 0 Å². The predicted octanol–water partition coefficient (Wildman–Crippen LogP) is 2.59. The van der Waals surface area contributed by atoms with Gasteiger partial charge in [-0.25, -0.2) is 9.07 Å². The van der Waals surface area contributed by atoms with Crippen molar-refractivity contribution < 1.29 is 14.0 Å². The van der Waals surface area contributed by atoms with E-state index in [1.54, 1.807) is 35.2 Å². The van der Waals surface area contributed by atoms with E-state index in [-0.39, 0.29) is 24.6 Å². The minimum absolute atomic E-state index is 0.0218. The molecule has 1 N–H and O–H groups in total. The van der Waals surface area contributed by atoms with Crippen molar-refractivity contribution in [2.24, 2.45) is 0 Å². The number of likely N-dealkylation sites (N-methyl/N-ethyl adjacent to an activating group) is 1. The zero-order valence-electron chi connectivity index (χ0n) is 16.9. The molecular weight excluding hydrogens is 387 g/mol. The maximum atomic E-state index is 13.3. The van der Waals surface area contributed by atoms with Crippen molar-refractivity contribution in [1.29, 1.82) is 0 Å². The number of carbonyl (C=O) groups excluding carboxylic acids is 2. The van der Waals surface area contributed by atoms with Crippen molar-refractivity contribution in [2.45, 2.75) is 26.8 Å². The number of rotatable bonds is 7. The Morgan fingerprint density at radius 3 is 2.43 bits per heavy atom. The van der Waals surface area contributed by atoms with Crippen LogP contribution in [0.1, 0.15) is 19.5 Å². The molecule has 0 bridgehead atoms. The number of carbonyl (C=O) groups is 2. The number of halogens is 1. The van der Waals surface area contributed by atoms with Crippen molar-refractivity contribution in [1.82, 2.24) is 14.7 Å². The fourth-order valence-corrected chi connectivity index (χ4v) is 3.28. The first-order valence-corrected chi connectivity index (χ1v) is 9.74. The number of aromatic nitrogens is 2. The molecule has 7 nitrogen and oxygen atoms in total. The summed E-state index contributed by atoms with van der Waals surface area (Å²) in [5.41, 5.74) is 0.283. The van der Waals surface area contributed by atoms with Crippen molar-refractivity contribution >= 4 is 28.3 Å². The third-order valence-electron chi connectivity index (χ3n) is 4.78. The summed E-state index contributed by atoms with van der Waals surface area (Å²) in [5.74, 6) is -1.11. The molecule has 1 heterocycles. The third kappa shape index (κ3) is 4.71. The summed E-state index contributed by atoms with van der Waals surface area (Å²) in [5, 5.41) is 7.83. The molecule has 8 heteroatoms. The van der Waals surface area contributed by atoms with Gasteiger partial charge in [0, 0.05) is 24.2 Å². The van der Waals surface area contributed by atoms with Crippen LogP contribution in [0.2, 0.25) is 0 Å². The third-order valence-corrected chi connectivity index (χ3v) is 4.78. The second-order valence-corrected chi connectivity index (χ2v) is 6.76. The summed E-state index contributed by atoms with van der Waals surface area (Å²) >= 11 is 0. The van der Waals surface area contributed by atoms with Crippen LogP contribution in [0.3, 0.4) is 0 Å². The zero-order chi connectivity index (χ0) is 21.7. The Labute approximate surface area is 173 Å². The van der Waals surface area contributed by atoms with Crippen LogP contribution in [-0.2, 0) is 22.6 Å². The van der Waals surface area contributed by atoms with E-state index in [0.717, 1.165) is 4.68 Å². The smallest absolute Gasteiger partial charge is 0.275 e. The Balaban J connectivity index is 1.92. The van der Waals surface area contributed by atoms with Gasteiger partial charge < -0.3 is 10.2 Å². The van der Waals surface area contributed by atoms with Crippen molar-refractivity contribution in [3.05, 3.63) is 70.4 Å². The van der Waals surface area contributed by atoms with Crippen LogP contribution in [0.25, 0.3) is 10.8 Å². The molecule has 0 saturated heterocycles. The lowest BCUT2D eigenvalue weighted by molar-refractivity contribution is -0.130. The van der Waals surface area contributed by atoms with Gasteiger partial charge >= 0.3 is 0 Å². The van der Waals surface area contributed by atoms with Crippen LogP contribution in [-0.4, -0.2) is 39.6 Å². The van der Waals surface area contributed by atoms with E-state index in [9.17, 15) is 18.8 Å². The summed E-state index contributed by atoms with van der Waals surface area (Å²) in [7, 11) is 0. The molecule has 0 atom stereocenters. The average Bonchev–Trinajstić information content (AvgIpc) is 2.72. The Kier molecular flexibility index (Phi) is 6.56. The van der Waals surface area contributed by atoms with Gasteiger partial charge in [0.1, 0.15) is 12.4 Å². The van der Waals surface area contributed by atoms with E-state index in [4.69, 9.17) is 0 Å². The highest BCUT2D eigenvalue weighted by Crippen LogP contribution is 2.15. The quantitative estimate of drug-likeness (QED) is 0.649. The minimum atomic E-state index is -0.522. The van der Waals surface area contributed by atoms with Crippen molar-refractivity contribution in [3.63, 3.8) is 0 Å². The summed E-state index contributed by atoms with van der Waals surface area (Å²) in [6, 6.07) is 12.4. The van der Waals surface area contributed by atoms with Gasteiger partial charge in [-0.3, -0.25) is 14.4 Å². The van der Waals surface area contributed by atoms with E-state index < -0.39 is 17.3 Å². The molecule has 2 amide bonds. The maximum absolute atomic E-state index is 13.3. The van der Waals surface area contributed by atoms with Crippen molar-refractivity contribution in [2.75, 3.05) is 18.4 Å². The second kappa shape index (κ2) is 9.30. The van der Waals surface area contributed by atoms with Gasteiger partial charge in [-0.05, 0) is 38.1 Å². The normalized spacial score (nSPS) is 10.8. The van der Waals surface area contributed by atoms with Gasteiger partial charge in [-0.1, -0.05) is 24.3 Å². The highest BCUT2D eigenvalue weighted by molar-refractivity contribution is 5.91. The first-order valence-electron chi connectivity index (χ1n) is 9.74. The van der Waals surface area contributed by atoms with Crippen LogP contribution in [0.5, 0.6) is 0 Å². The lowest BCUT2D eigenvalue weighted by Gasteiger charge is -2.19. The molecule has 2 aromatic carbocycles. The standard InChI is InChI=1S/C22H23FN4O3/c1-3-26(4-2)21(29)13-19-17-10-5-6-11-18(17)22(30)27(25-19)14-20(28)24-16-9-7-8-15(23)12-16/h5-12H,3-4,13-14H2,1-2H3,(H,24,28). The molecule has 1 aromatic heterocycles. The molecule has 3 aromatic rings. The van der Waals surface area contributed by atoms with Crippen molar-refractivity contribution in [3.8, 4) is 0 Å². The van der Waals surface area contributed by atoms with Gasteiger partial charge in [0.05, 0.1) is 17.5 Å². The number of hydrogen-bond donors (Lipinski definition) is 1. The summed E-state index contributed by atoms with van der Waals surface area (Å²) in [6.07, 6.45) is 0.0218. The number of benzene rings is 2. The first-order chi connectivity index (χ1) is 14.4. The molecule has 3 rings (SSSR count). The van der Waals surface area contributed by atoms with Crippen LogP contribution < -0.4 is 10.9 Å². The molecule has 30 heavy (non-hydrogen) atoms. The van der Waals surface area contributed by atoms with Crippen LogP contribution in [0.15, 0.2) is 53.3 Å². The minimum Gasteiger partial charge on any atom is -0.343 e. The SMILES string of the molecule is CCN(CC)C(=O)Cc1nn(CC(=O)Nc2cccc(F)c2)c(=O)c2ccccc12. The molecule has 0 aliphatic carbocycles. The lowest BCUT2D eigenvalue weighted by Crippen LogP contribution is -2.34. The molecule has 0 spiro atoms. The molecule has 0 aliphatic rings. The van der Waals surface area contributed by atoms with Gasteiger partial charge in [0.2, 0.25) is 11.8 Å². The van der Waals surface area contributed by atoms with Gasteiger partial charge in [-0.15, -0.1) is 0 Å². The lowest BCUT2D eigenvalue weighted by atomic mass is 10.1. The number of hydrogen-bond acceptors (Lipinski definition) is 4. The largest absolute Gasteiger partial charge is 0.343 e. The monoisotopic (exact) mass is 410 g/mol. The van der Waals surface area contributed by atoms with E-state index >= 15 is 0 Å². The fourth-order valence-electron chi connectivity index (χ4n) is 3.28. The molecule has 156 valence electrons. The Morgan fingerprint density at radius 2 is 1.77 bits per heavy atom. The van der Waals surface area contributed by atoms with Gasteiger partial charge in [0.25, 0.3) is 5.56 Å². The number of amides is 2. The predicted molar refractivity (Wildman–Crippen MR) is 113 cm³/mol. The van der Waals surface area contributed by atoms with E-state index in [1.165, 1.54) is 18.2 Å². The van der Waals surface area contributed by atoms with E-state index in [0.29, 0.717) is 29.6 Å². The number of nitrogens with zero attached hydrogens (tertiary/aromatic N) is 3. The van der Waals surface area contributed by atoms with E-state index in [2.05, 4.69) is 10.4 Å². The van der Waals surface area contributed by atoms with Crippen LogP contribution in [0, 0.1) is 5.82 Å².